The van der Waals surface area contributed by atoms with Crippen molar-refractivity contribution >= 4 is 78.7 Å². The molecule has 29 heavy (non-hydrogen) atoms. The number of hydrogen-bond acceptors (Lipinski definition) is 7. The number of amides is 1. The van der Waals surface area contributed by atoms with Crippen LogP contribution in [0.4, 0.5) is 5.13 Å². The van der Waals surface area contributed by atoms with Crippen LogP contribution in [0.2, 0.25) is 0 Å². The number of carbonyl (C=O) groups is 2. The minimum absolute atomic E-state index is 0.00482. The van der Waals surface area contributed by atoms with Crippen LogP contribution in [0.25, 0.3) is 17.3 Å². The second-order valence-corrected chi connectivity index (χ2v) is 10.0. The average molecular weight is 512 g/mol. The Morgan fingerprint density at radius 2 is 2.03 bits per heavy atom. The molecule has 2 aromatic rings. The molecule has 0 atom stereocenters. The number of thiocarbonyl (C=S) groups is 1. The number of thioether (sulfide) groups is 1. The van der Waals surface area contributed by atoms with Gasteiger partial charge in [0, 0.05) is 37.1 Å². The number of carboxylic acid groups (broad SMARTS) is 1. The summed E-state index contributed by atoms with van der Waals surface area (Å²) in [6, 6.07) is 7.87. The molecule has 6 nitrogen and oxygen atoms in total. The van der Waals surface area contributed by atoms with Gasteiger partial charge in [-0.1, -0.05) is 63.4 Å². The van der Waals surface area contributed by atoms with E-state index >= 15 is 0 Å². The van der Waals surface area contributed by atoms with Crippen LogP contribution in [-0.4, -0.2) is 51.8 Å². The quantitative estimate of drug-likeness (QED) is 0.426. The van der Waals surface area contributed by atoms with Gasteiger partial charge in [0.15, 0.2) is 5.13 Å². The summed E-state index contributed by atoms with van der Waals surface area (Å²) < 4.78 is 1.43. The molecule has 2 heterocycles. The Labute approximate surface area is 190 Å². The van der Waals surface area contributed by atoms with Crippen molar-refractivity contribution in [3.8, 4) is 11.3 Å². The van der Waals surface area contributed by atoms with Crippen LogP contribution in [0.15, 0.2) is 33.6 Å². The molecule has 1 amide bonds. The highest BCUT2D eigenvalue weighted by atomic mass is 79.9. The SMILES string of the molecule is CN(C)c1nc(-c2ccc(Br)cc2)c(/C=C2/SC(=S)N(CCCC(=O)O)C2=O)s1. The van der Waals surface area contributed by atoms with Crippen molar-refractivity contribution in [2.45, 2.75) is 12.8 Å². The lowest BCUT2D eigenvalue weighted by molar-refractivity contribution is -0.137. The van der Waals surface area contributed by atoms with Crippen LogP contribution in [0.3, 0.4) is 0 Å². The second-order valence-electron chi connectivity index (χ2n) is 6.44. The first kappa shape index (κ1) is 21.9. The smallest absolute Gasteiger partial charge is 0.303 e. The van der Waals surface area contributed by atoms with Crippen molar-refractivity contribution in [2.75, 3.05) is 25.5 Å². The van der Waals surface area contributed by atoms with E-state index in [1.165, 1.54) is 28.0 Å². The molecular formula is C19H18BrN3O3S3. The number of rotatable bonds is 7. The van der Waals surface area contributed by atoms with Gasteiger partial charge in [-0.15, -0.1) is 0 Å². The predicted octanol–water partition coefficient (Wildman–Crippen LogP) is 4.70. The molecule has 1 saturated heterocycles. The number of nitrogens with zero attached hydrogens (tertiary/aromatic N) is 3. The van der Waals surface area contributed by atoms with Gasteiger partial charge in [0.2, 0.25) is 0 Å². The van der Waals surface area contributed by atoms with Crippen LogP contribution in [0.5, 0.6) is 0 Å². The van der Waals surface area contributed by atoms with E-state index in [1.807, 2.05) is 49.3 Å². The van der Waals surface area contributed by atoms with Gasteiger partial charge < -0.3 is 10.0 Å². The van der Waals surface area contributed by atoms with Crippen molar-refractivity contribution in [1.29, 1.82) is 0 Å². The number of aromatic nitrogens is 1. The molecule has 1 fully saturated rings. The third-order valence-corrected chi connectivity index (χ3v) is 7.13. The fourth-order valence-corrected chi connectivity index (χ4v) is 5.21. The fraction of sp³-hybridized carbons (Fsp3) is 0.263. The molecule has 0 unspecified atom stereocenters. The Morgan fingerprint density at radius 3 is 2.66 bits per heavy atom. The zero-order chi connectivity index (χ0) is 21.1. The van der Waals surface area contributed by atoms with Gasteiger partial charge in [0.25, 0.3) is 5.91 Å². The zero-order valence-electron chi connectivity index (χ0n) is 15.7. The first-order chi connectivity index (χ1) is 13.8. The van der Waals surface area contributed by atoms with Crippen LogP contribution in [-0.2, 0) is 9.59 Å². The molecule has 152 valence electrons. The van der Waals surface area contributed by atoms with Gasteiger partial charge >= 0.3 is 5.97 Å². The zero-order valence-corrected chi connectivity index (χ0v) is 19.8. The molecule has 0 aliphatic carbocycles. The third kappa shape index (κ3) is 5.25. The lowest BCUT2D eigenvalue weighted by Gasteiger charge is -2.13. The number of anilines is 1. The van der Waals surface area contributed by atoms with E-state index in [9.17, 15) is 9.59 Å². The summed E-state index contributed by atoms with van der Waals surface area (Å²) in [5.74, 6) is -1.07. The molecule has 3 rings (SSSR count). The van der Waals surface area contributed by atoms with E-state index in [4.69, 9.17) is 22.3 Å². The second kappa shape index (κ2) is 9.38. The molecule has 1 aliphatic heterocycles. The van der Waals surface area contributed by atoms with E-state index < -0.39 is 5.97 Å². The summed E-state index contributed by atoms with van der Waals surface area (Å²) >= 11 is 11.5. The number of hydrogen-bond donors (Lipinski definition) is 1. The Bertz CT molecular complexity index is 986. The van der Waals surface area contributed by atoms with E-state index in [2.05, 4.69) is 15.9 Å². The molecule has 0 radical (unpaired) electrons. The van der Waals surface area contributed by atoms with E-state index in [0.29, 0.717) is 22.2 Å². The summed E-state index contributed by atoms with van der Waals surface area (Å²) in [5.41, 5.74) is 1.77. The van der Waals surface area contributed by atoms with Crippen molar-refractivity contribution in [3.05, 3.63) is 38.5 Å². The van der Waals surface area contributed by atoms with Gasteiger partial charge in [-0.2, -0.15) is 0 Å². The van der Waals surface area contributed by atoms with Crippen LogP contribution < -0.4 is 4.90 Å². The molecule has 1 aliphatic rings. The molecule has 1 aromatic heterocycles. The molecule has 0 spiro atoms. The van der Waals surface area contributed by atoms with Crippen LogP contribution in [0.1, 0.15) is 17.7 Å². The van der Waals surface area contributed by atoms with Crippen molar-refractivity contribution in [2.24, 2.45) is 0 Å². The lowest BCUT2D eigenvalue weighted by Crippen LogP contribution is -2.29. The number of thiazole rings is 1. The van der Waals surface area contributed by atoms with Crippen LogP contribution >= 0.6 is 51.2 Å². The maximum Gasteiger partial charge on any atom is 0.303 e. The molecule has 1 aromatic carbocycles. The largest absolute Gasteiger partial charge is 0.481 e. The Balaban J connectivity index is 1.91. The minimum Gasteiger partial charge on any atom is -0.481 e. The van der Waals surface area contributed by atoms with Crippen LogP contribution in [0, 0.1) is 0 Å². The molecule has 10 heteroatoms. The van der Waals surface area contributed by atoms with E-state index in [0.717, 1.165) is 25.7 Å². The van der Waals surface area contributed by atoms with Gasteiger partial charge in [-0.25, -0.2) is 4.98 Å². The maximum atomic E-state index is 12.8. The highest BCUT2D eigenvalue weighted by Gasteiger charge is 2.32. The molecule has 0 bridgehead atoms. The Morgan fingerprint density at radius 1 is 1.34 bits per heavy atom. The highest BCUT2D eigenvalue weighted by molar-refractivity contribution is 9.10. The Hall–Kier alpha value is -1.75. The van der Waals surface area contributed by atoms with Gasteiger partial charge in [0.1, 0.15) is 4.32 Å². The summed E-state index contributed by atoms with van der Waals surface area (Å²) in [5, 5.41) is 9.64. The number of benzene rings is 1. The lowest BCUT2D eigenvalue weighted by atomic mass is 10.1. The minimum atomic E-state index is -0.883. The molecule has 1 N–H and O–H groups in total. The maximum absolute atomic E-state index is 12.8. The monoisotopic (exact) mass is 511 g/mol. The number of halogens is 1. The first-order valence-electron chi connectivity index (χ1n) is 8.67. The van der Waals surface area contributed by atoms with Gasteiger partial charge in [-0.05, 0) is 24.6 Å². The van der Waals surface area contributed by atoms with Gasteiger partial charge in [0.05, 0.1) is 15.5 Å². The Kier molecular flexibility index (Phi) is 7.10. The summed E-state index contributed by atoms with van der Waals surface area (Å²) in [6.07, 6.45) is 2.20. The number of aliphatic carboxylic acids is 1. The summed E-state index contributed by atoms with van der Waals surface area (Å²) in [7, 11) is 3.85. The standard InChI is InChI=1S/C19H18BrN3O3S3/c1-22(2)18-21-16(11-5-7-12(20)8-6-11)13(28-18)10-14-17(26)23(19(27)29-14)9-3-4-15(24)25/h5-8,10H,3-4,9H2,1-2H3,(H,24,25)/b14-10+. The van der Waals surface area contributed by atoms with Crippen molar-refractivity contribution in [3.63, 3.8) is 0 Å². The first-order valence-corrected chi connectivity index (χ1v) is 11.5. The molecule has 0 saturated carbocycles. The normalized spacial score (nSPS) is 15.4. The average Bonchev–Trinajstić information content (AvgIpc) is 3.19. The van der Waals surface area contributed by atoms with Crippen molar-refractivity contribution in [1.82, 2.24) is 9.88 Å². The number of carboxylic acids is 1. The van der Waals surface area contributed by atoms with E-state index in [-0.39, 0.29) is 12.3 Å². The summed E-state index contributed by atoms with van der Waals surface area (Å²) in [4.78, 5) is 33.1. The third-order valence-electron chi connectivity index (χ3n) is 4.05. The number of carbonyl (C=O) groups excluding carboxylic acids is 1. The van der Waals surface area contributed by atoms with Gasteiger partial charge in [-0.3, -0.25) is 14.5 Å². The fourth-order valence-electron chi connectivity index (χ4n) is 2.62. The topological polar surface area (TPSA) is 73.7 Å². The molecular weight excluding hydrogens is 494 g/mol. The highest BCUT2D eigenvalue weighted by Crippen LogP contribution is 2.38. The summed E-state index contributed by atoms with van der Waals surface area (Å²) in [6.45, 7) is 0.305. The predicted molar refractivity (Wildman–Crippen MR) is 126 cm³/mol. The van der Waals surface area contributed by atoms with Crippen molar-refractivity contribution < 1.29 is 14.7 Å². The van der Waals surface area contributed by atoms with E-state index in [1.54, 1.807) is 0 Å².